The molecular formula is C22H23F2IN4O4. The van der Waals surface area contributed by atoms with Crippen LogP contribution in [-0.4, -0.2) is 31.4 Å². The molecule has 0 aliphatic carbocycles. The lowest BCUT2D eigenvalue weighted by atomic mass is 10.1. The number of guanidine groups is 1. The van der Waals surface area contributed by atoms with E-state index >= 15 is 0 Å². The smallest absolute Gasteiger partial charge is 0.387 e. The third kappa shape index (κ3) is 6.24. The van der Waals surface area contributed by atoms with Crippen LogP contribution in [0, 0.1) is 6.92 Å². The lowest BCUT2D eigenvalue weighted by Crippen LogP contribution is -2.36. The Kier molecular flexibility index (Phi) is 8.31. The van der Waals surface area contributed by atoms with E-state index in [-0.39, 0.29) is 43.1 Å². The van der Waals surface area contributed by atoms with E-state index in [9.17, 15) is 8.78 Å². The maximum absolute atomic E-state index is 12.8. The molecule has 1 aromatic heterocycles. The number of rotatable bonds is 7. The molecule has 2 N–H and O–H groups in total. The first-order chi connectivity index (χ1) is 15.5. The molecule has 1 aliphatic rings. The number of hydrogen-bond donors (Lipinski definition) is 2. The Morgan fingerprint density at radius 1 is 1.12 bits per heavy atom. The maximum Gasteiger partial charge on any atom is 0.387 e. The Bertz CT molecular complexity index is 1110. The molecule has 0 bridgehead atoms. The summed E-state index contributed by atoms with van der Waals surface area (Å²) in [4.78, 5) is 8.62. The summed E-state index contributed by atoms with van der Waals surface area (Å²) in [5.74, 6) is 1.82. The molecule has 1 aliphatic heterocycles. The topological polar surface area (TPSA) is 90.1 Å². The lowest BCUT2D eigenvalue weighted by molar-refractivity contribution is -0.0505. The summed E-state index contributed by atoms with van der Waals surface area (Å²) >= 11 is 0. The molecule has 176 valence electrons. The first-order valence-electron chi connectivity index (χ1n) is 9.85. The first-order valence-corrected chi connectivity index (χ1v) is 9.85. The van der Waals surface area contributed by atoms with Gasteiger partial charge in [-0.1, -0.05) is 17.7 Å². The van der Waals surface area contributed by atoms with Gasteiger partial charge in [0.05, 0.1) is 12.2 Å². The monoisotopic (exact) mass is 572 g/mol. The van der Waals surface area contributed by atoms with Crippen LogP contribution in [0.5, 0.6) is 17.2 Å². The summed E-state index contributed by atoms with van der Waals surface area (Å²) in [7, 11) is 1.60. The summed E-state index contributed by atoms with van der Waals surface area (Å²) < 4.78 is 46.3. The number of nitrogens with zero attached hydrogens (tertiary/aromatic N) is 2. The summed E-state index contributed by atoms with van der Waals surface area (Å²) in [5, 5.41) is 6.18. The molecule has 33 heavy (non-hydrogen) atoms. The van der Waals surface area contributed by atoms with Crippen LogP contribution in [0.1, 0.15) is 16.8 Å². The fourth-order valence-corrected chi connectivity index (χ4v) is 3.10. The Hall–Kier alpha value is -3.09. The van der Waals surface area contributed by atoms with Gasteiger partial charge in [-0.3, -0.25) is 4.99 Å². The molecule has 11 heteroatoms. The number of alkyl halides is 2. The fourth-order valence-electron chi connectivity index (χ4n) is 3.10. The minimum Gasteiger partial charge on any atom is -0.454 e. The molecule has 0 saturated carbocycles. The van der Waals surface area contributed by atoms with Crippen LogP contribution in [-0.2, 0) is 13.1 Å². The molecule has 0 saturated heterocycles. The number of halogens is 3. The van der Waals surface area contributed by atoms with Crippen LogP contribution in [0.3, 0.4) is 0 Å². The van der Waals surface area contributed by atoms with Gasteiger partial charge >= 0.3 is 6.61 Å². The normalized spacial score (nSPS) is 12.5. The highest BCUT2D eigenvalue weighted by Gasteiger charge is 2.20. The third-order valence-corrected chi connectivity index (χ3v) is 4.73. The van der Waals surface area contributed by atoms with E-state index in [4.69, 9.17) is 13.9 Å². The van der Waals surface area contributed by atoms with E-state index in [0.717, 1.165) is 11.1 Å². The number of hydrogen-bond acceptors (Lipinski definition) is 6. The van der Waals surface area contributed by atoms with Crippen LogP contribution in [0.15, 0.2) is 52.1 Å². The molecule has 2 heterocycles. The summed E-state index contributed by atoms with van der Waals surface area (Å²) in [6.45, 7) is -0.380. The Morgan fingerprint density at radius 2 is 1.82 bits per heavy atom. The number of aromatic nitrogens is 1. The zero-order valence-corrected chi connectivity index (χ0v) is 20.3. The van der Waals surface area contributed by atoms with Crippen molar-refractivity contribution >= 4 is 29.9 Å². The van der Waals surface area contributed by atoms with Crippen molar-refractivity contribution in [3.63, 3.8) is 0 Å². The van der Waals surface area contributed by atoms with Crippen LogP contribution in [0.4, 0.5) is 8.78 Å². The first kappa shape index (κ1) is 24.6. The summed E-state index contributed by atoms with van der Waals surface area (Å²) in [5.41, 5.74) is 3.20. The SMILES string of the molecule is CN=C(NCc1coc(-c2ccc(C)cc2)n1)NCc1cc2c(cc1OC(F)F)OCO2.I. The van der Waals surface area contributed by atoms with E-state index < -0.39 is 6.61 Å². The predicted molar refractivity (Wildman–Crippen MR) is 128 cm³/mol. The molecule has 0 fully saturated rings. The highest BCUT2D eigenvalue weighted by atomic mass is 127. The van der Waals surface area contributed by atoms with Crippen LogP contribution >= 0.6 is 24.0 Å². The number of aryl methyl sites for hydroxylation is 1. The van der Waals surface area contributed by atoms with E-state index in [1.807, 2.05) is 31.2 Å². The summed E-state index contributed by atoms with van der Waals surface area (Å²) in [6.07, 6.45) is 1.57. The molecule has 0 atom stereocenters. The number of benzene rings is 2. The Morgan fingerprint density at radius 3 is 2.52 bits per heavy atom. The minimum atomic E-state index is -2.96. The highest BCUT2D eigenvalue weighted by molar-refractivity contribution is 14.0. The highest BCUT2D eigenvalue weighted by Crippen LogP contribution is 2.38. The predicted octanol–water partition coefficient (Wildman–Crippen LogP) is 4.46. The largest absolute Gasteiger partial charge is 0.454 e. The van der Waals surface area contributed by atoms with Gasteiger partial charge in [0, 0.05) is 30.8 Å². The number of aliphatic imine (C=N–C) groups is 1. The average Bonchev–Trinajstić information content (AvgIpc) is 3.43. The van der Waals surface area contributed by atoms with Crippen molar-refractivity contribution in [2.45, 2.75) is 26.6 Å². The van der Waals surface area contributed by atoms with Gasteiger partial charge < -0.3 is 29.3 Å². The molecular weight excluding hydrogens is 549 g/mol. The number of oxazole rings is 1. The Labute approximate surface area is 206 Å². The van der Waals surface area contributed by atoms with E-state index in [1.54, 1.807) is 19.4 Å². The molecule has 0 spiro atoms. The molecule has 0 amide bonds. The zero-order chi connectivity index (χ0) is 22.5. The average molecular weight is 572 g/mol. The summed E-state index contributed by atoms with van der Waals surface area (Å²) in [6, 6.07) is 10.9. The second-order valence-corrected chi connectivity index (χ2v) is 6.98. The van der Waals surface area contributed by atoms with Crippen molar-refractivity contribution in [1.82, 2.24) is 15.6 Å². The quantitative estimate of drug-likeness (QED) is 0.246. The molecule has 3 aromatic rings. The number of ether oxygens (including phenoxy) is 3. The van der Waals surface area contributed by atoms with Gasteiger partial charge in [0.15, 0.2) is 17.5 Å². The minimum absolute atomic E-state index is 0. The van der Waals surface area contributed by atoms with Crippen molar-refractivity contribution in [2.24, 2.45) is 4.99 Å². The Balaban J connectivity index is 0.00000306. The molecule has 0 unspecified atom stereocenters. The van der Waals surface area contributed by atoms with Gasteiger partial charge in [0.2, 0.25) is 12.7 Å². The van der Waals surface area contributed by atoms with Crippen molar-refractivity contribution in [1.29, 1.82) is 0 Å². The molecule has 8 nitrogen and oxygen atoms in total. The van der Waals surface area contributed by atoms with Crippen molar-refractivity contribution in [3.8, 4) is 28.7 Å². The molecule has 4 rings (SSSR count). The van der Waals surface area contributed by atoms with Gasteiger partial charge in [-0.25, -0.2) is 4.98 Å². The van der Waals surface area contributed by atoms with Gasteiger partial charge in [-0.15, -0.1) is 24.0 Å². The van der Waals surface area contributed by atoms with Crippen LogP contribution in [0.2, 0.25) is 0 Å². The van der Waals surface area contributed by atoms with E-state index in [2.05, 4.69) is 25.3 Å². The second-order valence-electron chi connectivity index (χ2n) is 6.98. The second kappa shape index (κ2) is 11.2. The maximum atomic E-state index is 12.8. The van der Waals surface area contributed by atoms with Crippen LogP contribution in [0.25, 0.3) is 11.5 Å². The zero-order valence-electron chi connectivity index (χ0n) is 17.9. The number of fused-ring (bicyclic) bond motifs is 1. The fraction of sp³-hybridized carbons (Fsp3) is 0.273. The van der Waals surface area contributed by atoms with Crippen molar-refractivity contribution < 1.29 is 27.4 Å². The van der Waals surface area contributed by atoms with Crippen molar-refractivity contribution in [2.75, 3.05) is 13.8 Å². The van der Waals surface area contributed by atoms with E-state index in [1.165, 1.54) is 6.07 Å². The van der Waals surface area contributed by atoms with E-state index in [0.29, 0.717) is 41.2 Å². The lowest BCUT2D eigenvalue weighted by Gasteiger charge is -2.15. The number of nitrogens with one attached hydrogen (secondary N) is 2. The van der Waals surface area contributed by atoms with Crippen molar-refractivity contribution in [3.05, 3.63) is 59.5 Å². The third-order valence-electron chi connectivity index (χ3n) is 4.73. The van der Waals surface area contributed by atoms with Gasteiger partial charge in [0.25, 0.3) is 0 Å². The van der Waals surface area contributed by atoms with Gasteiger partial charge in [-0.2, -0.15) is 8.78 Å². The molecule has 2 aromatic carbocycles. The van der Waals surface area contributed by atoms with Crippen LogP contribution < -0.4 is 24.8 Å². The van der Waals surface area contributed by atoms with Gasteiger partial charge in [0.1, 0.15) is 12.0 Å². The van der Waals surface area contributed by atoms with Gasteiger partial charge in [-0.05, 0) is 25.1 Å². The molecule has 0 radical (unpaired) electrons. The standard InChI is InChI=1S/C22H22F2N4O4.HI/c1-13-3-5-14(6-4-13)20-28-16(11-29-20)10-27-22(25-2)26-9-15-7-18-19(31-12-30-18)8-17(15)32-21(23)24;/h3-8,11,21H,9-10,12H2,1-2H3,(H2,25,26,27);1H.